The van der Waals surface area contributed by atoms with E-state index in [1.54, 1.807) is 36.6 Å². The normalized spacial score (nSPS) is 13.9. The van der Waals surface area contributed by atoms with Gasteiger partial charge in [-0.2, -0.15) is 0 Å². The Labute approximate surface area is 321 Å². The van der Waals surface area contributed by atoms with Crippen LogP contribution in [-0.4, -0.2) is 48.0 Å². The number of hydrogen-bond donors (Lipinski definition) is 0. The van der Waals surface area contributed by atoms with Gasteiger partial charge in [-0.1, -0.05) is 96.3 Å². The lowest BCUT2D eigenvalue weighted by Gasteiger charge is -2.25. The van der Waals surface area contributed by atoms with E-state index < -0.39 is 18.0 Å². The van der Waals surface area contributed by atoms with Gasteiger partial charge in [-0.15, -0.1) is 0 Å². The molecule has 0 N–H and O–H groups in total. The first kappa shape index (κ1) is 36.9. The van der Waals surface area contributed by atoms with Crippen LogP contribution in [0.1, 0.15) is 37.9 Å². The zero-order valence-corrected chi connectivity index (χ0v) is 31.7. The molecule has 1 aliphatic heterocycles. The van der Waals surface area contributed by atoms with Crippen molar-refractivity contribution < 1.29 is 28.5 Å². The maximum Gasteiger partial charge on any atom is 0.343 e. The van der Waals surface area contributed by atoms with Gasteiger partial charge in [-0.3, -0.25) is 9.36 Å². The maximum atomic E-state index is 14.8. The highest BCUT2D eigenvalue weighted by atomic mass is 32.1. The van der Waals surface area contributed by atoms with Gasteiger partial charge in [0.2, 0.25) is 0 Å². The van der Waals surface area contributed by atoms with Crippen LogP contribution in [-0.2, 0) is 19.1 Å². The number of carbonyl (C=O) groups is 2. The first-order valence-electron chi connectivity index (χ1n) is 17.9. The number of carbonyl (C=O) groups excluding carboxylic acids is 2. The van der Waals surface area contributed by atoms with Gasteiger partial charge in [-0.25, -0.2) is 14.6 Å². The Hall–Kier alpha value is -6.46. The number of allylic oxidation sites excluding steroid dienone is 1. The Morgan fingerprint density at radius 1 is 0.818 bits per heavy atom. The van der Waals surface area contributed by atoms with Crippen LogP contribution < -0.4 is 24.4 Å². The van der Waals surface area contributed by atoms with Crippen molar-refractivity contribution in [2.24, 2.45) is 4.99 Å². The summed E-state index contributed by atoms with van der Waals surface area (Å²) in [5.41, 5.74) is 6.60. The van der Waals surface area contributed by atoms with Gasteiger partial charge in [0.15, 0.2) is 22.9 Å². The third kappa shape index (κ3) is 7.39. The fourth-order valence-electron chi connectivity index (χ4n) is 6.72. The molecule has 0 amide bonds. The molecule has 2 aromatic heterocycles. The molecule has 55 heavy (non-hydrogen) atoms. The van der Waals surface area contributed by atoms with Crippen molar-refractivity contribution in [3.05, 3.63) is 157 Å². The Balaban J connectivity index is 1.46. The third-order valence-corrected chi connectivity index (χ3v) is 10.1. The van der Waals surface area contributed by atoms with Crippen LogP contribution in [0.5, 0.6) is 11.5 Å². The highest BCUT2D eigenvalue weighted by Gasteiger charge is 2.34. The zero-order valence-electron chi connectivity index (χ0n) is 30.9. The summed E-state index contributed by atoms with van der Waals surface area (Å²) in [6.07, 6.45) is 1.91. The molecule has 10 nitrogen and oxygen atoms in total. The topological polar surface area (TPSA) is 110 Å². The molecule has 7 rings (SSSR count). The van der Waals surface area contributed by atoms with Crippen LogP contribution in [0.3, 0.4) is 0 Å². The molecule has 3 heterocycles. The lowest BCUT2D eigenvalue weighted by Crippen LogP contribution is -2.40. The van der Waals surface area contributed by atoms with E-state index >= 15 is 0 Å². The van der Waals surface area contributed by atoms with Gasteiger partial charge in [0.05, 0.1) is 53.6 Å². The van der Waals surface area contributed by atoms with Crippen molar-refractivity contribution in [3.63, 3.8) is 0 Å². The number of hydrogen-bond acceptors (Lipinski definition) is 9. The van der Waals surface area contributed by atoms with Gasteiger partial charge in [0.1, 0.15) is 0 Å². The van der Waals surface area contributed by atoms with E-state index in [1.165, 1.54) is 18.4 Å². The molecule has 278 valence electrons. The predicted molar refractivity (Wildman–Crippen MR) is 212 cm³/mol. The summed E-state index contributed by atoms with van der Waals surface area (Å²) in [5, 5.41) is 0. The van der Waals surface area contributed by atoms with E-state index in [9.17, 15) is 14.4 Å². The summed E-state index contributed by atoms with van der Waals surface area (Å²) in [4.78, 5) is 45.5. The third-order valence-electron chi connectivity index (χ3n) is 9.12. The van der Waals surface area contributed by atoms with Crippen LogP contribution in [0.15, 0.2) is 136 Å². The van der Waals surface area contributed by atoms with E-state index in [0.717, 1.165) is 33.8 Å². The second-order valence-corrected chi connectivity index (χ2v) is 13.6. The van der Waals surface area contributed by atoms with Crippen molar-refractivity contribution in [1.29, 1.82) is 0 Å². The average Bonchev–Trinajstić information content (AvgIpc) is 3.74. The molecule has 0 unspecified atom stereocenters. The molecule has 1 atom stereocenters. The number of benzene rings is 4. The number of thiazole rings is 1. The summed E-state index contributed by atoms with van der Waals surface area (Å²) >= 11 is 1.25. The second kappa shape index (κ2) is 16.3. The van der Waals surface area contributed by atoms with Crippen molar-refractivity contribution >= 4 is 29.4 Å². The Kier molecular flexibility index (Phi) is 10.9. The summed E-state index contributed by atoms with van der Waals surface area (Å²) in [5.74, 6) is -0.475. The number of methoxy groups -OCH3 is 1. The molecule has 0 spiro atoms. The van der Waals surface area contributed by atoms with Crippen molar-refractivity contribution in [2.45, 2.75) is 26.8 Å². The average molecular weight is 754 g/mol. The minimum absolute atomic E-state index is 0.141. The largest absolute Gasteiger partial charge is 0.490 e. The molecule has 0 radical (unpaired) electrons. The molecule has 6 aromatic rings. The van der Waals surface area contributed by atoms with Crippen LogP contribution >= 0.6 is 11.3 Å². The monoisotopic (exact) mass is 753 g/mol. The van der Waals surface area contributed by atoms with E-state index in [-0.39, 0.29) is 24.3 Å². The summed E-state index contributed by atoms with van der Waals surface area (Å²) in [6, 6.07) is 36.7. The summed E-state index contributed by atoms with van der Waals surface area (Å²) in [7, 11) is 1.28. The number of para-hydroxylation sites is 1. The van der Waals surface area contributed by atoms with E-state index in [2.05, 4.69) is 47.0 Å². The first-order chi connectivity index (χ1) is 26.8. The summed E-state index contributed by atoms with van der Waals surface area (Å²) in [6.45, 7) is 5.43. The number of esters is 2. The van der Waals surface area contributed by atoms with Crippen molar-refractivity contribution in [1.82, 2.24) is 9.13 Å². The molecule has 0 fully saturated rings. The van der Waals surface area contributed by atoms with Crippen molar-refractivity contribution in [2.75, 3.05) is 26.9 Å². The van der Waals surface area contributed by atoms with E-state index in [4.69, 9.17) is 23.9 Å². The van der Waals surface area contributed by atoms with Gasteiger partial charge in [0.25, 0.3) is 5.56 Å². The highest BCUT2D eigenvalue weighted by Crippen LogP contribution is 2.38. The molecule has 0 aliphatic carbocycles. The van der Waals surface area contributed by atoms with Crippen LogP contribution in [0.25, 0.3) is 34.3 Å². The zero-order chi connectivity index (χ0) is 38.5. The SMILES string of the molecule is CCOC(=O)C1=C(C)N=c2s/c(=C/c3cc(-c4ccccc4)n(-c4ccccc4)c3-c3ccccc3)c(=O)n2[C@H]1c1ccc(OCC(=O)OC)c(OCC)c1. The van der Waals surface area contributed by atoms with Crippen LogP contribution in [0.2, 0.25) is 0 Å². The standard InChI is InChI=1S/C44H39N3O7S/c1-5-52-36-25-31(22-23-35(36)54-27-38(48)51-4)41-39(43(50)53-6-2)28(3)45-44-47(41)42(49)37(55-44)26-32-24-34(29-16-10-7-11-17-29)46(33-20-14-9-15-21-33)40(32)30-18-12-8-13-19-30/h7-26,41H,5-6,27H2,1-4H3/b37-26+/t41-/m0/s1. The Morgan fingerprint density at radius 2 is 1.49 bits per heavy atom. The number of rotatable bonds is 12. The number of ether oxygens (including phenoxy) is 4. The number of fused-ring (bicyclic) bond motifs is 1. The van der Waals surface area contributed by atoms with Gasteiger partial charge in [0, 0.05) is 11.3 Å². The quantitative estimate of drug-likeness (QED) is 0.126. The Morgan fingerprint density at radius 3 is 2.15 bits per heavy atom. The van der Waals surface area contributed by atoms with E-state index in [0.29, 0.717) is 38.7 Å². The van der Waals surface area contributed by atoms with Gasteiger partial charge in [-0.05, 0) is 73.9 Å². The highest BCUT2D eigenvalue weighted by molar-refractivity contribution is 7.07. The molecule has 0 saturated heterocycles. The molecule has 11 heteroatoms. The molecule has 0 bridgehead atoms. The number of nitrogens with zero attached hydrogens (tertiary/aromatic N) is 3. The lowest BCUT2D eigenvalue weighted by atomic mass is 9.95. The molecule has 4 aromatic carbocycles. The smallest absolute Gasteiger partial charge is 0.343 e. The second-order valence-electron chi connectivity index (χ2n) is 12.5. The van der Waals surface area contributed by atoms with Crippen LogP contribution in [0, 0.1) is 0 Å². The first-order valence-corrected chi connectivity index (χ1v) is 18.7. The molecular formula is C44H39N3O7S. The molecule has 0 saturated carbocycles. The minimum atomic E-state index is -0.895. The van der Waals surface area contributed by atoms with Gasteiger partial charge >= 0.3 is 11.9 Å². The van der Waals surface area contributed by atoms with Crippen molar-refractivity contribution in [3.8, 4) is 39.7 Å². The fraction of sp³-hybridized carbons (Fsp3) is 0.182. The van der Waals surface area contributed by atoms with Crippen LogP contribution in [0.4, 0.5) is 0 Å². The Bertz CT molecular complexity index is 2570. The number of aromatic nitrogens is 2. The summed E-state index contributed by atoms with van der Waals surface area (Å²) < 4.78 is 26.1. The minimum Gasteiger partial charge on any atom is -0.490 e. The lowest BCUT2D eigenvalue weighted by molar-refractivity contribution is -0.143. The fourth-order valence-corrected chi connectivity index (χ4v) is 7.76. The van der Waals surface area contributed by atoms with Gasteiger partial charge < -0.3 is 23.5 Å². The maximum absolute atomic E-state index is 14.8. The predicted octanol–water partition coefficient (Wildman–Crippen LogP) is 6.87. The van der Waals surface area contributed by atoms with E-state index in [1.807, 2.05) is 67.6 Å². The molecular weight excluding hydrogens is 715 g/mol. The molecule has 1 aliphatic rings.